The topological polar surface area (TPSA) is 682 Å². The quantitative estimate of drug-likeness (QED) is 0.0277. The molecule has 0 spiro atoms. The summed E-state index contributed by atoms with van der Waals surface area (Å²) in [5, 5.41) is 93.8. The minimum Gasteiger partial charge on any atom is -0.393 e. The lowest BCUT2D eigenvalue weighted by Crippen LogP contribution is -2.43. The monoisotopic (exact) mass is 1260 g/mol. The molecule has 44 heteroatoms. The summed E-state index contributed by atoms with van der Waals surface area (Å²) < 4.78 is 28.4. The van der Waals surface area contributed by atoms with Gasteiger partial charge in [0.25, 0.3) is 28.3 Å². The van der Waals surface area contributed by atoms with Crippen LogP contribution in [-0.2, 0) is 18.9 Å². The molecule has 4 aliphatic heterocycles. The van der Waals surface area contributed by atoms with Gasteiger partial charge in [0.1, 0.15) is 97.3 Å². The first kappa shape index (κ1) is 66.2. The van der Waals surface area contributed by atoms with Crippen LogP contribution >= 0.6 is 0 Å². The Morgan fingerprint density at radius 3 is 1.47 bits per heavy atom. The lowest BCUT2D eigenvalue weighted by atomic mass is 9.94. The Hall–Kier alpha value is -9.71. The summed E-state index contributed by atoms with van der Waals surface area (Å²) in [6.45, 7) is 4.53. The number of azide groups is 1. The molecule has 90 heavy (non-hydrogen) atoms. The van der Waals surface area contributed by atoms with Crippen LogP contribution in [-0.4, -0.2) is 183 Å². The molecule has 19 N–H and O–H groups in total. The molecule has 7 aromatic heterocycles. The van der Waals surface area contributed by atoms with Crippen LogP contribution in [0.5, 0.6) is 0 Å². The van der Waals surface area contributed by atoms with E-state index in [4.69, 9.17) is 58.3 Å². The first-order valence-corrected chi connectivity index (χ1v) is 27.2. The Kier molecular flexibility index (Phi) is 19.8. The highest BCUT2D eigenvalue weighted by Gasteiger charge is 2.61. The molecule has 4 fully saturated rings. The number of rotatable bonds is 15. The molecule has 0 amide bonds. The normalized spacial score (nSPS) is 30.8. The van der Waals surface area contributed by atoms with Gasteiger partial charge in [0.2, 0.25) is 20.7 Å². The predicted octanol–water partition coefficient (Wildman–Crippen LogP) is -2.96. The highest BCUT2D eigenvalue weighted by Crippen LogP contribution is 2.47. The fourth-order valence-electron chi connectivity index (χ4n) is 11.1. The molecular weight excluding hydrogens is 1200 g/mol. The number of hydrogen-bond acceptors (Lipinski definition) is 33. The number of nitrogens with one attached hydrogen (secondary N) is 5. The molecule has 0 bridgehead atoms. The molecule has 44 nitrogen and oxygen atoms in total. The van der Waals surface area contributed by atoms with Crippen LogP contribution in [0.25, 0.3) is 43.9 Å². The molecule has 0 aromatic carbocycles. The van der Waals surface area contributed by atoms with Crippen LogP contribution in [0.15, 0.2) is 78.7 Å². The highest BCUT2D eigenvalue weighted by atomic mass is 16.6. The third-order valence-corrected chi connectivity index (χ3v) is 15.8. The Balaban J connectivity index is 0.000000155. The SMILES string of the molecule is CC[C@@H]1[C@H](n2cnc3c(=O)[nH]c(N)nc32)O[C@@](CO)(N=[N+]=N)[C@H]1O.CC[C@@H]1[C@H](n2cnc3c(=O)[nH]cnc32)O[C@@](CO)(N=[N+]=N)[C@H]1O.CC[C@@H]1[C@H](n2cnc3c(N)ncnc32)O[C@@](CO)(N=[N+]=N)[C@H]1O.C[C@@H]1[C@H](n2ccc(N)nc2=O)O[C@@](CO)(N=[N+]=[N-])[C@H]1O. The fraction of sp³-hybridized carbons (Fsp3) is 0.587. The number of nitrogens with two attached hydrogens (primary N) is 3. The van der Waals surface area contributed by atoms with Crippen LogP contribution in [0.2, 0.25) is 0 Å². The minimum atomic E-state index is -1.82. The number of nitrogens with zero attached hydrogens (tertiary/aromatic N) is 21. The third-order valence-electron chi connectivity index (χ3n) is 15.8. The standard InChI is InChI=1S/C12H16N8O4.C12H17N8O3.C12H15N7O4.C10H14N6O4/c1-2-5-7(22)12(3-21,18-19-14)24-10(5)20-4-15-6-8(20)16-11(13)17-9(6)23;1-2-6-8(22)12(3-21,18-19-14)23-11(6)20-5-17-7-9(13)15-4-16-10(7)20;1-2-6-8(21)12(3-20,17-18-13)23-11(6)19-5-16-7-9(19)14-4-15-10(7)22;1-5-7(18)10(4-17,14-15-12)20-8(5)16-3-2-6(11)13-9(16)19/h4-5,7,10,14,21-22H,2-3H2,1H3,(H2-,13,16,17,23);4-6,8,11,14,21-22H,2-3H2,1H3,(H2,13,15,16);4-6,8,11,13,20-21H,2-3H2,1H3;2-3,5,7-8,17-18H,4H2,1H3,(H2,11,13,19)/q;+1;;/p+2/t5-,7-,10+,12+;2*6-,8-,11+,12+;5-,7-,8+,10+/m0000/s1. The molecule has 0 saturated carbocycles. The Morgan fingerprint density at radius 2 is 1.02 bits per heavy atom. The lowest BCUT2D eigenvalue weighted by molar-refractivity contribution is -0.126. The van der Waals surface area contributed by atoms with Gasteiger partial charge < -0.3 is 82.0 Å². The van der Waals surface area contributed by atoms with Crippen molar-refractivity contribution in [2.45, 2.75) is 119 Å². The lowest BCUT2D eigenvalue weighted by Gasteiger charge is -2.24. The fourth-order valence-corrected chi connectivity index (χ4v) is 11.1. The molecule has 4 aliphatic rings. The molecule has 16 atom stereocenters. The van der Waals surface area contributed by atoms with Gasteiger partial charge in [-0.3, -0.25) is 32.8 Å². The van der Waals surface area contributed by atoms with Gasteiger partial charge in [-0.05, 0) is 30.9 Å². The summed E-state index contributed by atoms with van der Waals surface area (Å²) in [6, 6.07) is 1.40. The molecule has 480 valence electrons. The number of H-pyrrole nitrogens is 2. The second kappa shape index (κ2) is 26.9. The number of hydrogen-bond donors (Lipinski definition) is 16. The number of aliphatic hydroxyl groups is 8. The van der Waals surface area contributed by atoms with Gasteiger partial charge in [-0.1, -0.05) is 32.8 Å². The van der Waals surface area contributed by atoms with Gasteiger partial charge in [0, 0.05) is 34.8 Å². The Bertz CT molecular complexity index is 4120. The van der Waals surface area contributed by atoms with Gasteiger partial charge in [-0.25, -0.2) is 34.7 Å². The average molecular weight is 1260 g/mol. The van der Waals surface area contributed by atoms with Crippen LogP contribution in [0, 0.1) is 40.3 Å². The van der Waals surface area contributed by atoms with E-state index in [1.54, 1.807) is 11.5 Å². The molecule has 11 rings (SSSR count). The van der Waals surface area contributed by atoms with Crippen LogP contribution < -0.4 is 48.7 Å². The molecule has 0 radical (unpaired) electrons. The number of ether oxygens (including phenoxy) is 4. The number of aromatic amines is 2. The number of fused-ring (bicyclic) bond motifs is 3. The van der Waals surface area contributed by atoms with E-state index >= 15 is 0 Å². The maximum atomic E-state index is 11.9. The minimum absolute atomic E-state index is 0.0564. The first-order valence-electron chi connectivity index (χ1n) is 27.2. The molecule has 0 aliphatic carbocycles. The maximum absolute atomic E-state index is 11.9. The van der Waals surface area contributed by atoms with Gasteiger partial charge >= 0.3 is 5.69 Å². The number of imidazole rings is 3. The zero-order valence-electron chi connectivity index (χ0n) is 48.0. The Labute approximate surface area is 501 Å². The van der Waals surface area contributed by atoms with E-state index < -0.39 is 134 Å². The van der Waals surface area contributed by atoms with Gasteiger partial charge in [0.15, 0.2) is 54.9 Å². The van der Waals surface area contributed by atoms with Gasteiger partial charge in [-0.15, -0.1) is 0 Å². The zero-order valence-corrected chi connectivity index (χ0v) is 48.0. The number of aliphatic hydroxyl groups excluding tert-OH is 8. The second-order valence-corrected chi connectivity index (χ2v) is 20.6. The van der Waals surface area contributed by atoms with Crippen LogP contribution in [0.4, 0.5) is 17.6 Å². The smallest absolute Gasteiger partial charge is 0.351 e. The van der Waals surface area contributed by atoms with Crippen molar-refractivity contribution in [2.24, 2.45) is 44.1 Å². The van der Waals surface area contributed by atoms with Crippen molar-refractivity contribution in [3.05, 3.63) is 85.5 Å². The predicted molar refractivity (Wildman–Crippen MR) is 299 cm³/mol. The van der Waals surface area contributed by atoms with Crippen molar-refractivity contribution in [1.29, 1.82) is 16.6 Å². The molecule has 0 unspecified atom stereocenters. The van der Waals surface area contributed by atoms with E-state index in [1.807, 2.05) is 20.8 Å². The van der Waals surface area contributed by atoms with E-state index in [0.717, 1.165) is 4.57 Å². The Morgan fingerprint density at radius 1 is 0.589 bits per heavy atom. The van der Waals surface area contributed by atoms with Gasteiger partial charge in [0.05, 0.1) is 38.0 Å². The molecular formula is C46H64N29O15+3. The third kappa shape index (κ3) is 11.7. The van der Waals surface area contributed by atoms with E-state index in [9.17, 15) is 55.2 Å². The largest absolute Gasteiger partial charge is 0.393 e. The van der Waals surface area contributed by atoms with Crippen molar-refractivity contribution in [1.82, 2.24) is 82.8 Å². The highest BCUT2D eigenvalue weighted by molar-refractivity contribution is 5.81. The number of nitrogen functional groups attached to an aromatic ring is 3. The average Bonchev–Trinajstić information content (AvgIpc) is 1.66. The zero-order chi connectivity index (χ0) is 65.6. The summed E-state index contributed by atoms with van der Waals surface area (Å²) in [5.74, 6) is -1.74. The van der Waals surface area contributed by atoms with Crippen molar-refractivity contribution in [3.8, 4) is 0 Å². The van der Waals surface area contributed by atoms with Crippen LogP contribution in [0.3, 0.4) is 0 Å². The second-order valence-electron chi connectivity index (χ2n) is 20.6. The number of aromatic nitrogens is 14. The van der Waals surface area contributed by atoms with Crippen molar-refractivity contribution < 1.29 is 59.8 Å². The van der Waals surface area contributed by atoms with Crippen molar-refractivity contribution in [2.75, 3.05) is 43.6 Å². The first-order chi connectivity index (χ1) is 43.1. The van der Waals surface area contributed by atoms with Crippen LogP contribution in [0.1, 0.15) is 71.9 Å². The van der Waals surface area contributed by atoms with Gasteiger partial charge in [-0.2, -0.15) is 9.97 Å². The van der Waals surface area contributed by atoms with E-state index in [2.05, 4.69) is 89.9 Å². The summed E-state index contributed by atoms with van der Waals surface area (Å²) >= 11 is 0. The maximum Gasteiger partial charge on any atom is 0.351 e. The van der Waals surface area contributed by atoms with Crippen molar-refractivity contribution >= 4 is 51.1 Å². The number of anilines is 3. The molecule has 11 heterocycles. The summed E-state index contributed by atoms with van der Waals surface area (Å²) in [4.78, 5) is 83.4. The summed E-state index contributed by atoms with van der Waals surface area (Å²) in [6.07, 6.45) is 1.70. The molecule has 7 aromatic rings. The van der Waals surface area contributed by atoms with E-state index in [0.29, 0.717) is 36.1 Å². The summed E-state index contributed by atoms with van der Waals surface area (Å²) in [7, 11) is 0. The summed E-state index contributed by atoms with van der Waals surface area (Å²) in [5.41, 5.74) is 39.0. The van der Waals surface area contributed by atoms with E-state index in [1.165, 1.54) is 53.0 Å². The van der Waals surface area contributed by atoms with E-state index in [-0.39, 0.29) is 39.8 Å². The molecule has 4 saturated heterocycles. The van der Waals surface area contributed by atoms with Crippen molar-refractivity contribution in [3.63, 3.8) is 0 Å².